The molecule has 0 fully saturated rings. The molecule has 2 heterocycles. The van der Waals surface area contributed by atoms with Gasteiger partial charge < -0.3 is 9.84 Å². The molecule has 0 amide bonds. The predicted molar refractivity (Wildman–Crippen MR) is 82.4 cm³/mol. The molecule has 0 aliphatic rings. The minimum Gasteiger partial charge on any atom is -0.486 e. The van der Waals surface area contributed by atoms with Gasteiger partial charge in [0.2, 0.25) is 0 Å². The van der Waals surface area contributed by atoms with Crippen LogP contribution in [0.1, 0.15) is 27.4 Å². The molecule has 22 heavy (non-hydrogen) atoms. The SMILES string of the molecule is Cc1ccc(OCc2nc(C(=O)O)c3ccc(C)cn23)cc1. The van der Waals surface area contributed by atoms with Gasteiger partial charge in [-0.05, 0) is 37.6 Å². The molecule has 112 valence electrons. The van der Waals surface area contributed by atoms with Crippen LogP contribution in [0.25, 0.3) is 5.52 Å². The molecule has 5 nitrogen and oxygen atoms in total. The number of hydrogen-bond acceptors (Lipinski definition) is 3. The van der Waals surface area contributed by atoms with E-state index in [-0.39, 0.29) is 12.3 Å². The van der Waals surface area contributed by atoms with Crippen LogP contribution in [0.15, 0.2) is 42.6 Å². The van der Waals surface area contributed by atoms with Crippen molar-refractivity contribution in [3.63, 3.8) is 0 Å². The molecule has 5 heteroatoms. The number of benzene rings is 1. The van der Waals surface area contributed by atoms with Gasteiger partial charge in [-0.2, -0.15) is 0 Å². The highest BCUT2D eigenvalue weighted by molar-refractivity contribution is 5.93. The zero-order valence-corrected chi connectivity index (χ0v) is 12.4. The molecule has 0 saturated heterocycles. The lowest BCUT2D eigenvalue weighted by Gasteiger charge is -2.06. The van der Waals surface area contributed by atoms with Gasteiger partial charge in [0.1, 0.15) is 12.4 Å². The first-order valence-electron chi connectivity index (χ1n) is 6.95. The van der Waals surface area contributed by atoms with E-state index in [1.54, 1.807) is 10.5 Å². The molecule has 0 unspecified atom stereocenters. The van der Waals surface area contributed by atoms with E-state index >= 15 is 0 Å². The minimum atomic E-state index is -1.04. The number of carboxylic acids is 1. The third-order valence-corrected chi connectivity index (χ3v) is 3.45. The van der Waals surface area contributed by atoms with Crippen molar-refractivity contribution in [1.82, 2.24) is 9.38 Å². The number of imidazole rings is 1. The highest BCUT2D eigenvalue weighted by Crippen LogP contribution is 2.18. The number of rotatable bonds is 4. The highest BCUT2D eigenvalue weighted by Gasteiger charge is 2.16. The van der Waals surface area contributed by atoms with Gasteiger partial charge in [0.05, 0.1) is 5.52 Å². The molecule has 3 aromatic rings. The topological polar surface area (TPSA) is 63.8 Å². The van der Waals surface area contributed by atoms with Gasteiger partial charge in [0.25, 0.3) is 0 Å². The summed E-state index contributed by atoms with van der Waals surface area (Å²) in [5.41, 5.74) is 2.80. The average Bonchev–Trinajstić information content (AvgIpc) is 2.85. The fourth-order valence-electron chi connectivity index (χ4n) is 2.30. The highest BCUT2D eigenvalue weighted by atomic mass is 16.5. The number of ether oxygens (including phenoxy) is 1. The zero-order chi connectivity index (χ0) is 15.7. The third kappa shape index (κ3) is 2.65. The molecule has 2 aromatic heterocycles. The van der Waals surface area contributed by atoms with Gasteiger partial charge in [0, 0.05) is 6.20 Å². The van der Waals surface area contributed by atoms with Crippen molar-refractivity contribution in [1.29, 1.82) is 0 Å². The maximum atomic E-state index is 11.3. The number of aromatic nitrogens is 2. The summed E-state index contributed by atoms with van der Waals surface area (Å²) >= 11 is 0. The van der Waals surface area contributed by atoms with Crippen molar-refractivity contribution in [2.24, 2.45) is 0 Å². The van der Waals surface area contributed by atoms with Gasteiger partial charge in [-0.15, -0.1) is 0 Å². The van der Waals surface area contributed by atoms with Crippen molar-refractivity contribution >= 4 is 11.5 Å². The van der Waals surface area contributed by atoms with Crippen molar-refractivity contribution in [2.45, 2.75) is 20.5 Å². The molecule has 0 aliphatic carbocycles. The van der Waals surface area contributed by atoms with Gasteiger partial charge in [-0.3, -0.25) is 4.40 Å². The largest absolute Gasteiger partial charge is 0.486 e. The number of carbonyl (C=O) groups is 1. The number of pyridine rings is 1. The first-order valence-corrected chi connectivity index (χ1v) is 6.95. The zero-order valence-electron chi connectivity index (χ0n) is 12.4. The number of fused-ring (bicyclic) bond motifs is 1. The van der Waals surface area contributed by atoms with E-state index in [1.165, 1.54) is 0 Å². The fraction of sp³-hybridized carbons (Fsp3) is 0.176. The molecule has 0 saturated carbocycles. The van der Waals surface area contributed by atoms with E-state index in [2.05, 4.69) is 4.98 Å². The first-order chi connectivity index (χ1) is 10.5. The summed E-state index contributed by atoms with van der Waals surface area (Å²) < 4.78 is 7.48. The summed E-state index contributed by atoms with van der Waals surface area (Å²) in [6, 6.07) is 11.3. The van der Waals surface area contributed by atoms with Crippen LogP contribution < -0.4 is 4.74 Å². The Morgan fingerprint density at radius 2 is 1.82 bits per heavy atom. The second kappa shape index (κ2) is 5.52. The monoisotopic (exact) mass is 296 g/mol. The average molecular weight is 296 g/mol. The van der Waals surface area contributed by atoms with E-state index in [4.69, 9.17) is 4.74 Å². The van der Waals surface area contributed by atoms with E-state index < -0.39 is 5.97 Å². The maximum Gasteiger partial charge on any atom is 0.356 e. The van der Waals surface area contributed by atoms with Crippen molar-refractivity contribution in [3.05, 3.63) is 65.2 Å². The Morgan fingerprint density at radius 1 is 1.14 bits per heavy atom. The Labute approximate surface area is 127 Å². The van der Waals surface area contributed by atoms with E-state index in [1.807, 2.05) is 50.4 Å². The molecule has 0 bridgehead atoms. The Kier molecular flexibility index (Phi) is 3.55. The van der Waals surface area contributed by atoms with Crippen LogP contribution in [0.5, 0.6) is 5.75 Å². The fourth-order valence-corrected chi connectivity index (χ4v) is 2.30. The maximum absolute atomic E-state index is 11.3. The lowest BCUT2D eigenvalue weighted by molar-refractivity contribution is 0.0693. The Hall–Kier alpha value is -2.82. The summed E-state index contributed by atoms with van der Waals surface area (Å²) in [5, 5.41) is 9.26. The molecule has 1 aromatic carbocycles. The number of aromatic carboxylic acids is 1. The number of aryl methyl sites for hydroxylation is 2. The Bertz CT molecular complexity index is 835. The van der Waals surface area contributed by atoms with Crippen LogP contribution in [0.2, 0.25) is 0 Å². The normalized spacial score (nSPS) is 10.8. The van der Waals surface area contributed by atoms with Crippen LogP contribution in [-0.4, -0.2) is 20.5 Å². The van der Waals surface area contributed by atoms with Gasteiger partial charge in [-0.1, -0.05) is 23.8 Å². The lowest BCUT2D eigenvalue weighted by atomic mass is 10.2. The van der Waals surface area contributed by atoms with Crippen LogP contribution in [-0.2, 0) is 6.61 Å². The molecular weight excluding hydrogens is 280 g/mol. The molecular formula is C17H16N2O3. The van der Waals surface area contributed by atoms with Crippen molar-refractivity contribution in [3.8, 4) is 5.75 Å². The Morgan fingerprint density at radius 3 is 2.50 bits per heavy atom. The number of hydrogen-bond donors (Lipinski definition) is 1. The summed E-state index contributed by atoms with van der Waals surface area (Å²) in [5.74, 6) is 0.256. The standard InChI is InChI=1S/C17H16N2O3/c1-11-3-6-13(7-4-11)22-10-15-18-16(17(20)21)14-8-5-12(2)9-19(14)15/h3-9H,10H2,1-2H3,(H,20,21). The summed E-state index contributed by atoms with van der Waals surface area (Å²) in [6.45, 7) is 4.17. The molecule has 3 rings (SSSR count). The quantitative estimate of drug-likeness (QED) is 0.803. The smallest absolute Gasteiger partial charge is 0.356 e. The summed E-state index contributed by atoms with van der Waals surface area (Å²) in [6.07, 6.45) is 1.86. The van der Waals surface area contributed by atoms with Crippen LogP contribution in [0, 0.1) is 13.8 Å². The van der Waals surface area contributed by atoms with Crippen molar-refractivity contribution < 1.29 is 14.6 Å². The predicted octanol–water partition coefficient (Wildman–Crippen LogP) is 3.23. The van der Waals surface area contributed by atoms with Crippen LogP contribution >= 0.6 is 0 Å². The second-order valence-corrected chi connectivity index (χ2v) is 5.25. The van der Waals surface area contributed by atoms with Gasteiger partial charge >= 0.3 is 5.97 Å². The van der Waals surface area contributed by atoms with Gasteiger partial charge in [0.15, 0.2) is 11.5 Å². The molecule has 0 radical (unpaired) electrons. The first kappa shape index (κ1) is 14.1. The number of carboxylic acid groups (broad SMARTS) is 1. The minimum absolute atomic E-state index is 0.0440. The summed E-state index contributed by atoms with van der Waals surface area (Å²) in [7, 11) is 0. The number of nitrogens with zero attached hydrogens (tertiary/aromatic N) is 2. The van der Waals surface area contributed by atoms with Gasteiger partial charge in [-0.25, -0.2) is 9.78 Å². The molecule has 1 N–H and O–H groups in total. The van der Waals surface area contributed by atoms with Crippen LogP contribution in [0.4, 0.5) is 0 Å². The molecule has 0 spiro atoms. The van der Waals surface area contributed by atoms with Crippen LogP contribution in [0.3, 0.4) is 0 Å². The lowest BCUT2D eigenvalue weighted by Crippen LogP contribution is -2.02. The second-order valence-electron chi connectivity index (χ2n) is 5.25. The van der Waals surface area contributed by atoms with Crippen molar-refractivity contribution in [2.75, 3.05) is 0 Å². The van der Waals surface area contributed by atoms with E-state index in [0.717, 1.165) is 16.9 Å². The third-order valence-electron chi connectivity index (χ3n) is 3.45. The molecule has 0 aliphatic heterocycles. The molecule has 0 atom stereocenters. The summed E-state index contributed by atoms with van der Waals surface area (Å²) in [4.78, 5) is 15.5. The Balaban J connectivity index is 1.94. The van der Waals surface area contributed by atoms with E-state index in [0.29, 0.717) is 11.3 Å². The van der Waals surface area contributed by atoms with E-state index in [9.17, 15) is 9.90 Å².